The molecule has 1 fully saturated rings. The highest BCUT2D eigenvalue weighted by Gasteiger charge is 2.29. The van der Waals surface area contributed by atoms with Crippen LogP contribution < -0.4 is 20.5 Å². The Morgan fingerprint density at radius 2 is 1.72 bits per heavy atom. The first-order chi connectivity index (χ1) is 17.5. The van der Waals surface area contributed by atoms with Gasteiger partial charge in [-0.05, 0) is 86.3 Å². The molecular weight excluding hydrogens is 454 g/mol. The minimum Gasteiger partial charge on any atom is -0.493 e. The molecule has 4 rings (SSSR count). The fraction of sp³-hybridized carbons (Fsp3) is 0.345. The van der Waals surface area contributed by atoms with E-state index in [1.165, 1.54) is 5.56 Å². The summed E-state index contributed by atoms with van der Waals surface area (Å²) in [6.45, 7) is 2.83. The molecule has 0 spiro atoms. The molecule has 1 unspecified atom stereocenters. The lowest BCUT2D eigenvalue weighted by Gasteiger charge is -2.34. The van der Waals surface area contributed by atoms with E-state index >= 15 is 0 Å². The first-order valence-corrected chi connectivity index (χ1v) is 12.4. The Balaban J connectivity index is 1.25. The van der Waals surface area contributed by atoms with E-state index in [1.54, 1.807) is 38.5 Å². The summed E-state index contributed by atoms with van der Waals surface area (Å²) in [5.74, 6) is 1.29. The van der Waals surface area contributed by atoms with E-state index in [0.717, 1.165) is 50.1 Å². The molecule has 36 heavy (non-hydrogen) atoms. The molecule has 3 aromatic rings. The Morgan fingerprint density at radius 3 is 2.36 bits per heavy atom. The van der Waals surface area contributed by atoms with Crippen molar-refractivity contribution in [3.8, 4) is 11.5 Å². The third-order valence-corrected chi connectivity index (χ3v) is 6.93. The summed E-state index contributed by atoms with van der Waals surface area (Å²) in [5, 5.41) is 13.9. The first-order valence-electron chi connectivity index (χ1n) is 12.4. The van der Waals surface area contributed by atoms with Crippen LogP contribution in [-0.2, 0) is 6.42 Å². The number of amides is 1. The van der Waals surface area contributed by atoms with E-state index in [0.29, 0.717) is 22.7 Å². The van der Waals surface area contributed by atoms with Crippen LogP contribution >= 0.6 is 0 Å². The maximum Gasteiger partial charge on any atom is 0.255 e. The van der Waals surface area contributed by atoms with Crippen LogP contribution in [0, 0.1) is 5.92 Å². The zero-order chi connectivity index (χ0) is 25.5. The molecule has 190 valence electrons. The van der Waals surface area contributed by atoms with Crippen molar-refractivity contribution < 1.29 is 19.4 Å². The highest BCUT2D eigenvalue weighted by atomic mass is 16.5. The van der Waals surface area contributed by atoms with E-state index < -0.39 is 6.10 Å². The topological polar surface area (TPSA) is 97.1 Å². The third kappa shape index (κ3) is 6.17. The van der Waals surface area contributed by atoms with Crippen LogP contribution in [-0.4, -0.2) is 49.8 Å². The second kappa shape index (κ2) is 11.9. The Kier molecular flexibility index (Phi) is 8.46. The number of hydrogen-bond donors (Lipinski definition) is 3. The fourth-order valence-corrected chi connectivity index (χ4v) is 4.77. The van der Waals surface area contributed by atoms with Crippen molar-refractivity contribution in [3.05, 3.63) is 83.4 Å². The summed E-state index contributed by atoms with van der Waals surface area (Å²) < 4.78 is 10.9. The molecule has 0 aliphatic carbocycles. The summed E-state index contributed by atoms with van der Waals surface area (Å²) in [6.07, 6.45) is 2.18. The molecule has 0 saturated carbocycles. The number of aliphatic hydroxyl groups is 1. The van der Waals surface area contributed by atoms with Gasteiger partial charge in [-0.1, -0.05) is 24.3 Å². The largest absolute Gasteiger partial charge is 0.493 e. The van der Waals surface area contributed by atoms with Crippen LogP contribution in [0.3, 0.4) is 0 Å². The van der Waals surface area contributed by atoms with Crippen molar-refractivity contribution >= 4 is 17.3 Å². The average molecular weight is 490 g/mol. The van der Waals surface area contributed by atoms with E-state index in [4.69, 9.17) is 15.2 Å². The van der Waals surface area contributed by atoms with Crippen LogP contribution in [0.2, 0.25) is 0 Å². The van der Waals surface area contributed by atoms with Gasteiger partial charge in [0.2, 0.25) is 0 Å². The first kappa shape index (κ1) is 25.5. The van der Waals surface area contributed by atoms with Crippen LogP contribution in [0.4, 0.5) is 11.4 Å². The van der Waals surface area contributed by atoms with Gasteiger partial charge in [-0.2, -0.15) is 0 Å². The van der Waals surface area contributed by atoms with Crippen molar-refractivity contribution in [3.63, 3.8) is 0 Å². The number of carbonyl (C=O) groups is 1. The van der Waals surface area contributed by atoms with E-state index in [2.05, 4.69) is 10.2 Å². The monoisotopic (exact) mass is 489 g/mol. The van der Waals surface area contributed by atoms with Gasteiger partial charge < -0.3 is 30.5 Å². The predicted molar refractivity (Wildman–Crippen MR) is 143 cm³/mol. The van der Waals surface area contributed by atoms with Gasteiger partial charge >= 0.3 is 0 Å². The molecule has 0 bridgehead atoms. The van der Waals surface area contributed by atoms with Crippen molar-refractivity contribution in [1.29, 1.82) is 0 Å². The molecule has 1 atom stereocenters. The summed E-state index contributed by atoms with van der Waals surface area (Å²) >= 11 is 0. The summed E-state index contributed by atoms with van der Waals surface area (Å²) in [5.41, 5.74) is 9.68. The lowest BCUT2D eigenvalue weighted by Crippen LogP contribution is -2.36. The molecule has 3 aromatic carbocycles. The van der Waals surface area contributed by atoms with Gasteiger partial charge in [-0.15, -0.1) is 0 Å². The number of methoxy groups -OCH3 is 2. The fourth-order valence-electron chi connectivity index (χ4n) is 4.77. The van der Waals surface area contributed by atoms with Gasteiger partial charge in [-0.25, -0.2) is 0 Å². The maximum atomic E-state index is 12.5. The Hall–Kier alpha value is -3.55. The number of piperidine rings is 1. The molecule has 1 heterocycles. The zero-order valence-corrected chi connectivity index (χ0v) is 20.9. The number of likely N-dealkylation sites (tertiary alicyclic amines) is 1. The Morgan fingerprint density at radius 1 is 1.03 bits per heavy atom. The average Bonchev–Trinajstić information content (AvgIpc) is 2.92. The number of anilines is 2. The highest BCUT2D eigenvalue weighted by molar-refractivity contribution is 6.04. The van der Waals surface area contributed by atoms with Crippen LogP contribution in [0.15, 0.2) is 66.7 Å². The molecule has 7 heteroatoms. The van der Waals surface area contributed by atoms with Crippen molar-refractivity contribution in [2.24, 2.45) is 5.92 Å². The molecule has 1 aliphatic heterocycles. The summed E-state index contributed by atoms with van der Waals surface area (Å²) in [7, 11) is 3.21. The number of carbonyl (C=O) groups excluding carboxylic acids is 1. The number of nitrogens with one attached hydrogen (secondary N) is 1. The molecule has 0 aromatic heterocycles. The molecule has 1 saturated heterocycles. The number of nitrogen functional groups attached to an aromatic ring is 1. The lowest BCUT2D eigenvalue weighted by molar-refractivity contribution is 0.0572. The maximum absolute atomic E-state index is 12.5. The Bertz CT molecular complexity index is 1140. The number of nitrogens with zero attached hydrogens (tertiary/aromatic N) is 1. The molecule has 4 N–H and O–H groups in total. The minimum absolute atomic E-state index is 0.139. The van der Waals surface area contributed by atoms with E-state index in [-0.39, 0.29) is 11.8 Å². The molecular formula is C29H35N3O4. The van der Waals surface area contributed by atoms with Crippen molar-refractivity contribution in [2.75, 3.05) is 44.9 Å². The number of hydrogen-bond acceptors (Lipinski definition) is 6. The quantitative estimate of drug-likeness (QED) is 0.382. The number of rotatable bonds is 9. The van der Waals surface area contributed by atoms with E-state index in [9.17, 15) is 9.90 Å². The molecule has 0 radical (unpaired) electrons. The van der Waals surface area contributed by atoms with E-state index in [1.807, 2.05) is 42.5 Å². The van der Waals surface area contributed by atoms with Gasteiger partial charge in [0.05, 0.1) is 20.3 Å². The number of ether oxygens (including phenoxy) is 2. The van der Waals surface area contributed by atoms with Gasteiger partial charge in [0, 0.05) is 29.0 Å². The normalized spacial score (nSPS) is 15.3. The van der Waals surface area contributed by atoms with Gasteiger partial charge in [-0.3, -0.25) is 4.79 Å². The predicted octanol–water partition coefficient (Wildman–Crippen LogP) is 4.53. The third-order valence-electron chi connectivity index (χ3n) is 6.93. The second-order valence-electron chi connectivity index (χ2n) is 9.23. The van der Waals surface area contributed by atoms with Crippen LogP contribution in [0.25, 0.3) is 0 Å². The van der Waals surface area contributed by atoms with Crippen molar-refractivity contribution in [2.45, 2.75) is 25.4 Å². The molecule has 1 amide bonds. The number of nitrogens with two attached hydrogens (primary N) is 1. The van der Waals surface area contributed by atoms with Crippen LogP contribution in [0.1, 0.15) is 40.4 Å². The second-order valence-corrected chi connectivity index (χ2v) is 9.23. The van der Waals surface area contributed by atoms with Gasteiger partial charge in [0.25, 0.3) is 5.91 Å². The number of para-hydroxylation sites is 1. The van der Waals surface area contributed by atoms with Crippen molar-refractivity contribution in [1.82, 2.24) is 4.90 Å². The minimum atomic E-state index is -0.580. The standard InChI is InChI=1S/C29H35N3O4/c1-35-26-5-3-4-25(28(26)36-2)27(33)21-15-18-32(19-16-21)17-14-20-6-8-22(9-7-20)29(34)31-24-12-10-23(30)11-13-24/h3-13,21,27,33H,14-19,30H2,1-2H3,(H,31,34). The number of benzene rings is 3. The van der Waals surface area contributed by atoms with Gasteiger partial charge in [0.1, 0.15) is 0 Å². The zero-order valence-electron chi connectivity index (χ0n) is 20.9. The summed E-state index contributed by atoms with van der Waals surface area (Å²) in [4.78, 5) is 14.9. The molecule has 7 nitrogen and oxygen atoms in total. The smallest absolute Gasteiger partial charge is 0.255 e. The number of aliphatic hydroxyl groups excluding tert-OH is 1. The molecule has 1 aliphatic rings. The Labute approximate surface area is 212 Å². The summed E-state index contributed by atoms with van der Waals surface area (Å²) in [6, 6.07) is 20.5. The highest BCUT2D eigenvalue weighted by Crippen LogP contribution is 2.40. The SMILES string of the molecule is COc1cccc(C(O)C2CCN(CCc3ccc(C(=O)Nc4ccc(N)cc4)cc3)CC2)c1OC. The van der Waals surface area contributed by atoms with Crippen LogP contribution in [0.5, 0.6) is 11.5 Å². The van der Waals surface area contributed by atoms with Gasteiger partial charge in [0.15, 0.2) is 11.5 Å². The lowest BCUT2D eigenvalue weighted by atomic mass is 9.87.